The fourth-order valence-electron chi connectivity index (χ4n) is 2.88. The summed E-state index contributed by atoms with van der Waals surface area (Å²) in [7, 11) is 0. The summed E-state index contributed by atoms with van der Waals surface area (Å²) < 4.78 is 27.9. The van der Waals surface area contributed by atoms with Crippen LogP contribution in [-0.2, 0) is 7.47 Å². The molecule has 1 atom stereocenters. The molecule has 0 spiro atoms. The van der Waals surface area contributed by atoms with E-state index in [4.69, 9.17) is 3.73 Å². The first-order valence-corrected chi connectivity index (χ1v) is 10.1. The Hall–Kier alpha value is 0.278. The fourth-order valence-corrected chi connectivity index (χ4v) is 6.71. The molecule has 2 saturated carbocycles. The van der Waals surface area contributed by atoms with Gasteiger partial charge in [-0.25, -0.2) is 0 Å². The molecular weight excluding hydrogens is 267 g/mol. The van der Waals surface area contributed by atoms with Crippen LogP contribution in [0.3, 0.4) is 0 Å². The van der Waals surface area contributed by atoms with Crippen LogP contribution in [0.2, 0.25) is 4.71 Å². The Kier molecular flexibility index (Phi) is 4.57. The van der Waals surface area contributed by atoms with Gasteiger partial charge in [0.25, 0.3) is 0 Å². The SMILES string of the molecule is O=[As](O)(OC1CCCCC1)C1CCCCC1. The van der Waals surface area contributed by atoms with Crippen LogP contribution in [0.1, 0.15) is 64.2 Å². The minimum absolute atomic E-state index is 0.0196. The van der Waals surface area contributed by atoms with Crippen molar-refractivity contribution in [1.82, 2.24) is 0 Å². The summed E-state index contributed by atoms with van der Waals surface area (Å²) in [5, 5.41) is 0. The molecule has 0 bridgehead atoms. The van der Waals surface area contributed by atoms with Gasteiger partial charge in [-0.15, -0.1) is 0 Å². The molecule has 0 radical (unpaired) electrons. The zero-order valence-corrected chi connectivity index (χ0v) is 11.8. The van der Waals surface area contributed by atoms with E-state index in [1.165, 1.54) is 12.8 Å². The van der Waals surface area contributed by atoms with Crippen LogP contribution < -0.4 is 0 Å². The molecule has 0 amide bonds. The number of hydrogen-bond acceptors (Lipinski definition) is 2. The van der Waals surface area contributed by atoms with Gasteiger partial charge in [-0.1, -0.05) is 0 Å². The maximum atomic E-state index is 12.2. The van der Waals surface area contributed by atoms with Gasteiger partial charge in [-0.05, 0) is 0 Å². The molecule has 2 aliphatic rings. The minimum atomic E-state index is -4.00. The monoisotopic (exact) mass is 290 g/mol. The molecule has 2 aliphatic carbocycles. The molecule has 0 aliphatic heterocycles. The van der Waals surface area contributed by atoms with Gasteiger partial charge in [0.2, 0.25) is 0 Å². The number of rotatable bonds is 3. The van der Waals surface area contributed by atoms with E-state index in [1.54, 1.807) is 0 Å². The molecule has 0 aromatic carbocycles. The first-order chi connectivity index (χ1) is 7.68. The Labute approximate surface area is 101 Å². The molecule has 0 aromatic heterocycles. The molecule has 0 aromatic rings. The van der Waals surface area contributed by atoms with E-state index in [1.807, 2.05) is 0 Å². The van der Waals surface area contributed by atoms with Crippen molar-refractivity contribution < 1.29 is 11.6 Å². The van der Waals surface area contributed by atoms with Gasteiger partial charge in [0.05, 0.1) is 0 Å². The second-order valence-corrected chi connectivity index (χ2v) is 9.56. The summed E-state index contributed by atoms with van der Waals surface area (Å²) >= 11 is -4.00. The summed E-state index contributed by atoms with van der Waals surface area (Å²) in [6, 6.07) is 0. The van der Waals surface area contributed by atoms with Crippen molar-refractivity contribution in [3.8, 4) is 0 Å². The summed E-state index contributed by atoms with van der Waals surface area (Å²) in [4.78, 5) is 0. The normalized spacial score (nSPS) is 28.8. The van der Waals surface area contributed by atoms with Crippen molar-refractivity contribution in [2.24, 2.45) is 0 Å². The van der Waals surface area contributed by atoms with Crippen molar-refractivity contribution in [2.75, 3.05) is 0 Å². The number of hydrogen-bond donors (Lipinski definition) is 1. The maximum absolute atomic E-state index is 12.2. The molecule has 3 nitrogen and oxygen atoms in total. The van der Waals surface area contributed by atoms with Crippen molar-refractivity contribution >= 4 is 14.2 Å². The zero-order valence-electron chi connectivity index (χ0n) is 9.94. The van der Waals surface area contributed by atoms with Gasteiger partial charge in [0.1, 0.15) is 0 Å². The van der Waals surface area contributed by atoms with Gasteiger partial charge in [-0.2, -0.15) is 0 Å². The van der Waals surface area contributed by atoms with Crippen LogP contribution in [0, 0.1) is 0 Å². The van der Waals surface area contributed by atoms with E-state index >= 15 is 0 Å². The van der Waals surface area contributed by atoms with Crippen molar-refractivity contribution in [2.45, 2.75) is 75.0 Å². The molecular formula is C12H23AsO3. The third-order valence-corrected chi connectivity index (χ3v) is 8.17. The summed E-state index contributed by atoms with van der Waals surface area (Å²) in [5.41, 5.74) is 0. The predicted octanol–water partition coefficient (Wildman–Crippen LogP) is 3.03. The second-order valence-electron chi connectivity index (χ2n) is 5.22. The van der Waals surface area contributed by atoms with E-state index in [-0.39, 0.29) is 10.8 Å². The average molecular weight is 290 g/mol. The van der Waals surface area contributed by atoms with Crippen LogP contribution in [-0.4, -0.2) is 24.4 Å². The van der Waals surface area contributed by atoms with Gasteiger partial charge in [0, 0.05) is 0 Å². The Morgan fingerprint density at radius 3 is 1.94 bits per heavy atom. The quantitative estimate of drug-likeness (QED) is 0.813. The van der Waals surface area contributed by atoms with E-state index in [2.05, 4.69) is 0 Å². The van der Waals surface area contributed by atoms with Crippen LogP contribution >= 0.6 is 0 Å². The van der Waals surface area contributed by atoms with Crippen molar-refractivity contribution in [3.63, 3.8) is 0 Å². The fraction of sp³-hybridized carbons (Fsp3) is 1.00. The third-order valence-electron chi connectivity index (χ3n) is 3.89. The van der Waals surface area contributed by atoms with Crippen molar-refractivity contribution in [3.05, 3.63) is 0 Å². The van der Waals surface area contributed by atoms with E-state index in [0.717, 1.165) is 51.4 Å². The molecule has 0 heterocycles. The molecule has 94 valence electrons. The molecule has 2 rings (SSSR count). The van der Waals surface area contributed by atoms with Gasteiger partial charge in [-0.3, -0.25) is 0 Å². The first kappa shape index (κ1) is 12.7. The van der Waals surface area contributed by atoms with Crippen LogP contribution in [0.4, 0.5) is 0 Å². The Bertz CT molecular complexity index is 255. The van der Waals surface area contributed by atoms with Gasteiger partial charge >= 0.3 is 101 Å². The second kappa shape index (κ2) is 5.75. The van der Waals surface area contributed by atoms with E-state index in [0.29, 0.717) is 0 Å². The Balaban J connectivity index is 1.87. The zero-order chi connectivity index (χ0) is 11.4. The van der Waals surface area contributed by atoms with Gasteiger partial charge < -0.3 is 0 Å². The van der Waals surface area contributed by atoms with Crippen LogP contribution in [0.15, 0.2) is 0 Å². The van der Waals surface area contributed by atoms with E-state index in [9.17, 15) is 7.84 Å². The molecule has 1 N–H and O–H groups in total. The summed E-state index contributed by atoms with van der Waals surface area (Å²) in [6.45, 7) is 0. The predicted molar refractivity (Wildman–Crippen MR) is 63.5 cm³/mol. The standard InChI is InChI=1S/C12H23AsO3/c14-13(15,11-7-3-1-4-8-11)16-12-9-5-2-6-10-12/h11-12H,1-10H2,(H,14,15). The molecule has 0 saturated heterocycles. The molecule has 2 fully saturated rings. The Morgan fingerprint density at radius 1 is 0.875 bits per heavy atom. The van der Waals surface area contributed by atoms with Gasteiger partial charge in [0.15, 0.2) is 0 Å². The first-order valence-electron chi connectivity index (χ1n) is 6.69. The Morgan fingerprint density at radius 2 is 1.38 bits per heavy atom. The topological polar surface area (TPSA) is 46.5 Å². The molecule has 1 unspecified atom stereocenters. The third kappa shape index (κ3) is 3.38. The average Bonchev–Trinajstić information content (AvgIpc) is 2.31. The molecule has 16 heavy (non-hydrogen) atoms. The summed E-state index contributed by atoms with van der Waals surface area (Å²) in [6.07, 6.45) is 10.8. The van der Waals surface area contributed by atoms with Crippen molar-refractivity contribution in [1.29, 1.82) is 0 Å². The van der Waals surface area contributed by atoms with Crippen LogP contribution in [0.5, 0.6) is 0 Å². The van der Waals surface area contributed by atoms with Crippen LogP contribution in [0.25, 0.3) is 0 Å². The molecule has 4 heteroatoms. The summed E-state index contributed by atoms with van der Waals surface area (Å²) in [5.74, 6) is 0. The van der Waals surface area contributed by atoms with E-state index < -0.39 is 14.2 Å².